The Bertz CT molecular complexity index is 542. The zero-order valence-electron chi connectivity index (χ0n) is 10.6. The lowest BCUT2D eigenvalue weighted by molar-refractivity contribution is 0.414. The van der Waals surface area contributed by atoms with Gasteiger partial charge in [-0.25, -0.2) is 13.1 Å². The highest BCUT2D eigenvalue weighted by Crippen LogP contribution is 2.27. The van der Waals surface area contributed by atoms with Gasteiger partial charge in [0.05, 0.1) is 17.0 Å². The van der Waals surface area contributed by atoms with Crippen LogP contribution in [0, 0.1) is 0 Å². The van der Waals surface area contributed by atoms with Crippen LogP contribution in [0.5, 0.6) is 5.75 Å². The van der Waals surface area contributed by atoms with Crippen LogP contribution in [0.1, 0.15) is 12.8 Å². The van der Waals surface area contributed by atoms with Crippen LogP contribution in [0.15, 0.2) is 23.1 Å². The first-order valence-electron chi connectivity index (χ1n) is 6.09. The molecule has 1 aromatic rings. The number of nitrogens with one attached hydrogen (secondary N) is 2. The fourth-order valence-corrected chi connectivity index (χ4v) is 3.67. The number of rotatable bonds is 4. The third-order valence-electron chi connectivity index (χ3n) is 3.05. The molecule has 1 aliphatic rings. The minimum Gasteiger partial charge on any atom is -0.495 e. The summed E-state index contributed by atoms with van der Waals surface area (Å²) in [7, 11) is -2.05. The summed E-state index contributed by atoms with van der Waals surface area (Å²) in [5.74, 6) is 0.458. The summed E-state index contributed by atoms with van der Waals surface area (Å²) in [6.45, 7) is 1.59. The van der Waals surface area contributed by atoms with Crippen LogP contribution in [0.25, 0.3) is 0 Å². The van der Waals surface area contributed by atoms with Crippen molar-refractivity contribution in [3.8, 4) is 5.75 Å². The molecule has 0 aliphatic carbocycles. The maximum atomic E-state index is 12.2. The smallest absolute Gasteiger partial charge is 0.240 e. The topological polar surface area (TPSA) is 67.4 Å². The van der Waals surface area contributed by atoms with Crippen LogP contribution in [0.4, 0.5) is 0 Å². The summed E-state index contributed by atoms with van der Waals surface area (Å²) < 4.78 is 32.1. The van der Waals surface area contributed by atoms with Gasteiger partial charge >= 0.3 is 0 Å². The number of piperidine rings is 1. The summed E-state index contributed by atoms with van der Waals surface area (Å²) in [5, 5.41) is 3.45. The van der Waals surface area contributed by atoms with Gasteiger partial charge in [-0.3, -0.25) is 0 Å². The van der Waals surface area contributed by atoms with E-state index in [1.54, 1.807) is 6.07 Å². The molecule has 0 unspecified atom stereocenters. The van der Waals surface area contributed by atoms with Gasteiger partial charge in [-0.15, -0.1) is 0 Å². The van der Waals surface area contributed by atoms with Gasteiger partial charge in [0.25, 0.3) is 0 Å². The molecule has 1 aliphatic heterocycles. The molecule has 0 spiro atoms. The van der Waals surface area contributed by atoms with E-state index >= 15 is 0 Å². The molecule has 0 radical (unpaired) electrons. The van der Waals surface area contributed by atoms with Crippen molar-refractivity contribution in [2.45, 2.75) is 23.8 Å². The first-order chi connectivity index (χ1) is 9.03. The van der Waals surface area contributed by atoms with Crippen LogP contribution < -0.4 is 14.8 Å². The SMILES string of the molecule is COc1ccc(S(=O)(=O)N[C@@H]2CCCNC2)cc1Cl. The first-order valence-corrected chi connectivity index (χ1v) is 7.95. The number of benzene rings is 1. The van der Waals surface area contributed by atoms with Gasteiger partial charge in [0.2, 0.25) is 10.0 Å². The molecule has 2 rings (SSSR count). The van der Waals surface area contributed by atoms with E-state index in [4.69, 9.17) is 16.3 Å². The van der Waals surface area contributed by atoms with Crippen molar-refractivity contribution in [2.24, 2.45) is 0 Å². The van der Waals surface area contributed by atoms with E-state index < -0.39 is 10.0 Å². The quantitative estimate of drug-likeness (QED) is 0.882. The molecule has 0 aromatic heterocycles. The third-order valence-corrected chi connectivity index (χ3v) is 4.87. The van der Waals surface area contributed by atoms with Gasteiger partial charge < -0.3 is 10.1 Å². The van der Waals surface area contributed by atoms with Crippen molar-refractivity contribution in [3.05, 3.63) is 23.2 Å². The van der Waals surface area contributed by atoms with Crippen molar-refractivity contribution >= 4 is 21.6 Å². The number of hydrogen-bond acceptors (Lipinski definition) is 4. The summed E-state index contributed by atoms with van der Waals surface area (Å²) in [6.07, 6.45) is 1.81. The van der Waals surface area contributed by atoms with E-state index in [0.717, 1.165) is 19.4 Å². The second-order valence-electron chi connectivity index (χ2n) is 4.46. The Hall–Kier alpha value is -0.820. The van der Waals surface area contributed by atoms with Crippen LogP contribution in [-0.4, -0.2) is 34.7 Å². The Morgan fingerprint density at radius 2 is 2.26 bits per heavy atom. The summed E-state index contributed by atoms with van der Waals surface area (Å²) in [5.41, 5.74) is 0. The Labute approximate surface area is 118 Å². The highest BCUT2D eigenvalue weighted by atomic mass is 35.5. The summed E-state index contributed by atoms with van der Waals surface area (Å²) in [4.78, 5) is 0.156. The molecular formula is C12H17ClN2O3S. The van der Waals surface area contributed by atoms with Crippen molar-refractivity contribution in [1.29, 1.82) is 0 Å². The molecule has 7 heteroatoms. The average Bonchev–Trinajstić information content (AvgIpc) is 2.39. The highest BCUT2D eigenvalue weighted by molar-refractivity contribution is 7.89. The molecule has 2 N–H and O–H groups in total. The molecule has 1 atom stereocenters. The highest BCUT2D eigenvalue weighted by Gasteiger charge is 2.22. The molecule has 0 saturated carbocycles. The number of ether oxygens (including phenoxy) is 1. The number of halogens is 1. The van der Waals surface area contributed by atoms with Gasteiger partial charge in [0.1, 0.15) is 5.75 Å². The largest absolute Gasteiger partial charge is 0.495 e. The van der Waals surface area contributed by atoms with Crippen molar-refractivity contribution in [3.63, 3.8) is 0 Å². The molecule has 0 amide bonds. The van der Waals surface area contributed by atoms with Gasteiger partial charge in [-0.05, 0) is 37.6 Å². The van der Waals surface area contributed by atoms with E-state index in [2.05, 4.69) is 10.0 Å². The zero-order valence-corrected chi connectivity index (χ0v) is 12.2. The van der Waals surface area contributed by atoms with Crippen LogP contribution >= 0.6 is 11.6 Å². The summed E-state index contributed by atoms with van der Waals surface area (Å²) in [6, 6.07) is 4.37. The Morgan fingerprint density at radius 1 is 1.47 bits per heavy atom. The van der Waals surface area contributed by atoms with Gasteiger partial charge in [0, 0.05) is 12.6 Å². The van der Waals surface area contributed by atoms with Gasteiger partial charge in [-0.2, -0.15) is 0 Å². The predicted molar refractivity (Wildman–Crippen MR) is 74.2 cm³/mol. The maximum Gasteiger partial charge on any atom is 0.240 e. The van der Waals surface area contributed by atoms with E-state index in [1.807, 2.05) is 0 Å². The van der Waals surface area contributed by atoms with E-state index in [9.17, 15) is 8.42 Å². The Morgan fingerprint density at radius 3 is 2.84 bits per heavy atom. The molecule has 1 aromatic carbocycles. The number of sulfonamides is 1. The van der Waals surface area contributed by atoms with Crippen molar-refractivity contribution < 1.29 is 13.2 Å². The van der Waals surface area contributed by atoms with Crippen LogP contribution in [0.2, 0.25) is 5.02 Å². The van der Waals surface area contributed by atoms with Crippen LogP contribution in [-0.2, 0) is 10.0 Å². The second-order valence-corrected chi connectivity index (χ2v) is 6.58. The lowest BCUT2D eigenvalue weighted by Gasteiger charge is -2.23. The molecular weight excluding hydrogens is 288 g/mol. The van der Waals surface area contributed by atoms with E-state index in [1.165, 1.54) is 19.2 Å². The van der Waals surface area contributed by atoms with Crippen molar-refractivity contribution in [2.75, 3.05) is 20.2 Å². The molecule has 1 saturated heterocycles. The first kappa shape index (κ1) is 14.6. The third kappa shape index (κ3) is 3.60. The minimum atomic E-state index is -3.54. The Kier molecular flexibility index (Phi) is 4.67. The molecule has 1 heterocycles. The molecule has 1 fully saturated rings. The fourth-order valence-electron chi connectivity index (χ4n) is 2.05. The van der Waals surface area contributed by atoms with Gasteiger partial charge in [0.15, 0.2) is 0 Å². The van der Waals surface area contributed by atoms with Crippen molar-refractivity contribution in [1.82, 2.24) is 10.0 Å². The second kappa shape index (κ2) is 6.09. The fraction of sp³-hybridized carbons (Fsp3) is 0.500. The standard InChI is InChI=1S/C12H17ClN2O3S/c1-18-12-5-4-10(7-11(12)13)19(16,17)15-9-3-2-6-14-8-9/h4-5,7,9,14-15H,2-3,6,8H2,1H3/t9-/m1/s1. The van der Waals surface area contributed by atoms with E-state index in [0.29, 0.717) is 12.3 Å². The molecule has 5 nitrogen and oxygen atoms in total. The molecule has 106 valence electrons. The summed E-state index contributed by atoms with van der Waals surface area (Å²) >= 11 is 5.95. The van der Waals surface area contributed by atoms with E-state index in [-0.39, 0.29) is 16.0 Å². The number of hydrogen-bond donors (Lipinski definition) is 2. The minimum absolute atomic E-state index is 0.0698. The normalized spacial score (nSPS) is 20.2. The molecule has 0 bridgehead atoms. The monoisotopic (exact) mass is 304 g/mol. The Balaban J connectivity index is 2.16. The lowest BCUT2D eigenvalue weighted by Crippen LogP contribution is -2.45. The zero-order chi connectivity index (χ0) is 13.9. The maximum absolute atomic E-state index is 12.2. The predicted octanol–water partition coefficient (Wildman–Crippen LogP) is 1.38. The number of methoxy groups -OCH3 is 1. The lowest BCUT2D eigenvalue weighted by atomic mass is 10.1. The van der Waals surface area contributed by atoms with Gasteiger partial charge in [-0.1, -0.05) is 11.6 Å². The average molecular weight is 305 g/mol. The molecule has 19 heavy (non-hydrogen) atoms. The van der Waals surface area contributed by atoms with Crippen LogP contribution in [0.3, 0.4) is 0 Å².